The third-order valence-electron chi connectivity index (χ3n) is 5.84. The maximum Gasteiger partial charge on any atom is 0.274 e. The van der Waals surface area contributed by atoms with Crippen molar-refractivity contribution in [1.82, 2.24) is 19.5 Å². The number of methoxy groups -OCH3 is 1. The van der Waals surface area contributed by atoms with Gasteiger partial charge < -0.3 is 25.4 Å². The van der Waals surface area contributed by atoms with E-state index in [1.54, 1.807) is 53.5 Å². The number of carbonyl (C=O) groups excluding carboxylic acids is 1. The van der Waals surface area contributed by atoms with Gasteiger partial charge in [0.05, 0.1) is 24.4 Å². The summed E-state index contributed by atoms with van der Waals surface area (Å²) in [6.07, 6.45) is 8.34. The van der Waals surface area contributed by atoms with Crippen LogP contribution in [0.2, 0.25) is 0 Å². The molecule has 0 aliphatic carbocycles. The van der Waals surface area contributed by atoms with Gasteiger partial charge in [0.15, 0.2) is 0 Å². The zero-order valence-electron chi connectivity index (χ0n) is 18.6. The molecule has 1 aliphatic rings. The first-order chi connectivity index (χ1) is 15.9. The lowest BCUT2D eigenvalue weighted by Crippen LogP contribution is -2.49. The molecule has 174 valence electrons. The number of anilines is 1. The van der Waals surface area contributed by atoms with Crippen molar-refractivity contribution >= 4 is 22.5 Å². The van der Waals surface area contributed by atoms with Crippen LogP contribution in [0.1, 0.15) is 23.2 Å². The number of nitrogens with two attached hydrogens (primary N) is 2. The van der Waals surface area contributed by atoms with Gasteiger partial charge in [0, 0.05) is 56.2 Å². The van der Waals surface area contributed by atoms with Gasteiger partial charge in [-0.3, -0.25) is 14.6 Å². The van der Waals surface area contributed by atoms with Crippen LogP contribution in [0.3, 0.4) is 0 Å². The predicted octanol–water partition coefficient (Wildman–Crippen LogP) is 0.702. The Kier molecular flexibility index (Phi) is 6.22. The summed E-state index contributed by atoms with van der Waals surface area (Å²) in [6.45, 7) is 1.54. The van der Waals surface area contributed by atoms with Crippen LogP contribution < -0.4 is 32.2 Å². The van der Waals surface area contributed by atoms with Crippen molar-refractivity contribution in [2.24, 2.45) is 18.6 Å². The molecule has 1 amide bonds. The number of pyridine rings is 1. The lowest BCUT2D eigenvalue weighted by molar-refractivity contribution is 0.102. The molecule has 3 heterocycles. The van der Waals surface area contributed by atoms with Gasteiger partial charge in [0.2, 0.25) is 0 Å². The molecule has 0 unspecified atom stereocenters. The number of ether oxygens (including phenoxy) is 1. The van der Waals surface area contributed by atoms with Crippen LogP contribution in [0.25, 0.3) is 10.9 Å². The first-order valence-corrected chi connectivity index (χ1v) is 10.6. The van der Waals surface area contributed by atoms with E-state index in [2.05, 4.69) is 15.4 Å². The molecular weight excluding hydrogens is 424 g/mol. The Morgan fingerprint density at radius 1 is 1.33 bits per heavy atom. The molecular formula is C22H28N8O3. The molecule has 1 saturated heterocycles. The summed E-state index contributed by atoms with van der Waals surface area (Å²) in [4.78, 5) is 27.0. The Labute approximate surface area is 190 Å². The number of amides is 1. The maximum absolute atomic E-state index is 13.0. The first kappa shape index (κ1) is 22.2. The quantitative estimate of drug-likeness (QED) is 0.367. The second-order valence-corrected chi connectivity index (χ2v) is 7.93. The van der Waals surface area contributed by atoms with E-state index in [4.69, 9.17) is 16.3 Å². The number of fused-ring (bicyclic) bond motifs is 1. The summed E-state index contributed by atoms with van der Waals surface area (Å²) in [5, 5.41) is 11.9. The molecule has 0 radical (unpaired) electrons. The molecule has 11 heteroatoms. The van der Waals surface area contributed by atoms with Crippen molar-refractivity contribution in [2.75, 3.05) is 30.5 Å². The van der Waals surface area contributed by atoms with Gasteiger partial charge in [0.25, 0.3) is 11.5 Å². The largest absolute Gasteiger partial charge is 0.496 e. The highest BCUT2D eigenvalue weighted by Crippen LogP contribution is 2.26. The monoisotopic (exact) mass is 452 g/mol. The minimum absolute atomic E-state index is 0.198. The highest BCUT2D eigenvalue weighted by atomic mass is 16.5. The first-order valence-electron chi connectivity index (χ1n) is 10.6. The molecule has 1 fully saturated rings. The lowest BCUT2D eigenvalue weighted by atomic mass is 10.1. The van der Waals surface area contributed by atoms with Crippen molar-refractivity contribution < 1.29 is 9.53 Å². The molecule has 11 nitrogen and oxygen atoms in total. The average molecular weight is 453 g/mol. The molecule has 33 heavy (non-hydrogen) atoms. The third-order valence-corrected chi connectivity index (χ3v) is 5.84. The highest BCUT2D eigenvalue weighted by molar-refractivity contribution is 6.08. The number of piperidine rings is 1. The zero-order valence-corrected chi connectivity index (χ0v) is 18.6. The number of rotatable bonds is 6. The van der Waals surface area contributed by atoms with Crippen LogP contribution >= 0.6 is 0 Å². The average Bonchev–Trinajstić information content (AvgIpc) is 3.24. The van der Waals surface area contributed by atoms with Crippen LogP contribution in [-0.4, -0.2) is 51.6 Å². The van der Waals surface area contributed by atoms with Gasteiger partial charge in [-0.15, -0.1) is 0 Å². The fraction of sp³-hybridized carbons (Fsp3) is 0.318. The molecule has 0 spiro atoms. The van der Waals surface area contributed by atoms with E-state index in [1.165, 1.54) is 17.9 Å². The number of aryl methyl sites for hydroxylation is 1. The predicted molar refractivity (Wildman–Crippen MR) is 126 cm³/mol. The highest BCUT2D eigenvalue weighted by Gasteiger charge is 2.23. The van der Waals surface area contributed by atoms with E-state index in [0.29, 0.717) is 16.8 Å². The number of nitrogens with zero attached hydrogens (tertiary/aromatic N) is 5. The standard InChI is InChI=1S/C22H28N8O3/c1-27-8-3-4-18(22(27)32)25-21(31)17-12-15-14-30(26-19(15)13-20(17)33-2)28-9-5-16(6-10-28)29(24)11-7-23/h3-4,7-8,11-14,16H,5-6,9-10,23-24H2,1-2H3,(H,25,31)/b11-7-. The smallest absolute Gasteiger partial charge is 0.274 e. The van der Waals surface area contributed by atoms with E-state index in [-0.39, 0.29) is 17.3 Å². The van der Waals surface area contributed by atoms with Crippen molar-refractivity contribution in [3.05, 3.63) is 65.0 Å². The third kappa shape index (κ3) is 4.48. The topological polar surface area (TPSA) is 137 Å². The van der Waals surface area contributed by atoms with E-state index >= 15 is 0 Å². The van der Waals surface area contributed by atoms with Crippen molar-refractivity contribution in [2.45, 2.75) is 18.9 Å². The van der Waals surface area contributed by atoms with E-state index in [9.17, 15) is 9.59 Å². The van der Waals surface area contributed by atoms with Crippen LogP contribution in [0.4, 0.5) is 5.69 Å². The van der Waals surface area contributed by atoms with Crippen LogP contribution in [-0.2, 0) is 7.05 Å². The van der Waals surface area contributed by atoms with Gasteiger partial charge in [-0.2, -0.15) is 9.89 Å². The summed E-state index contributed by atoms with van der Waals surface area (Å²) in [5.41, 5.74) is 6.36. The van der Waals surface area contributed by atoms with Crippen LogP contribution in [0.15, 0.2) is 53.9 Å². The van der Waals surface area contributed by atoms with Crippen LogP contribution in [0.5, 0.6) is 5.75 Å². The molecule has 1 aromatic carbocycles. The Morgan fingerprint density at radius 3 is 2.79 bits per heavy atom. The SMILES string of the molecule is COc1cc2nn(N3CCC(N(N)/C=C\N)CC3)cc2cc1C(=O)Nc1cccn(C)c1=O. The molecule has 0 saturated carbocycles. The summed E-state index contributed by atoms with van der Waals surface area (Å²) in [6, 6.07) is 6.93. The summed E-state index contributed by atoms with van der Waals surface area (Å²) >= 11 is 0. The minimum atomic E-state index is -0.429. The number of carbonyl (C=O) groups is 1. The number of hydrogen-bond acceptors (Lipinski definition) is 8. The Hall–Kier alpha value is -3.99. The van der Waals surface area contributed by atoms with Gasteiger partial charge in [-0.25, -0.2) is 5.84 Å². The molecule has 5 N–H and O–H groups in total. The van der Waals surface area contributed by atoms with Gasteiger partial charge >= 0.3 is 0 Å². The zero-order chi connectivity index (χ0) is 23.5. The van der Waals surface area contributed by atoms with E-state index in [1.807, 2.05) is 6.20 Å². The molecule has 2 aromatic heterocycles. The summed E-state index contributed by atoms with van der Waals surface area (Å²) in [5.74, 6) is 5.96. The summed E-state index contributed by atoms with van der Waals surface area (Å²) in [7, 11) is 3.12. The second kappa shape index (κ2) is 9.25. The van der Waals surface area contributed by atoms with Gasteiger partial charge in [-0.05, 0) is 31.0 Å². The molecule has 1 aliphatic heterocycles. The van der Waals surface area contributed by atoms with Gasteiger partial charge in [-0.1, -0.05) is 0 Å². The van der Waals surface area contributed by atoms with E-state index < -0.39 is 5.91 Å². The number of hydrogen-bond donors (Lipinski definition) is 3. The normalized spacial score (nSPS) is 14.7. The number of hydrazine groups is 1. The molecule has 3 aromatic rings. The van der Waals surface area contributed by atoms with Crippen LogP contribution in [0, 0.1) is 0 Å². The van der Waals surface area contributed by atoms with Crippen molar-refractivity contribution in [1.29, 1.82) is 0 Å². The Bertz CT molecular complexity index is 1240. The molecule has 4 rings (SSSR count). The molecule has 0 bridgehead atoms. The maximum atomic E-state index is 13.0. The lowest BCUT2D eigenvalue weighted by Gasteiger charge is -2.36. The van der Waals surface area contributed by atoms with Gasteiger partial charge in [0.1, 0.15) is 11.4 Å². The Balaban J connectivity index is 1.56. The van der Waals surface area contributed by atoms with E-state index in [0.717, 1.165) is 31.3 Å². The van der Waals surface area contributed by atoms with Crippen molar-refractivity contribution in [3.8, 4) is 5.75 Å². The fourth-order valence-electron chi connectivity index (χ4n) is 3.99. The second-order valence-electron chi connectivity index (χ2n) is 7.93. The number of benzene rings is 1. The Morgan fingerprint density at radius 2 is 2.09 bits per heavy atom. The summed E-state index contributed by atoms with van der Waals surface area (Å²) < 4.78 is 6.84. The fourth-order valence-corrected chi connectivity index (χ4v) is 3.99. The number of aromatic nitrogens is 3. The molecule has 0 atom stereocenters. The van der Waals surface area contributed by atoms with Crippen molar-refractivity contribution in [3.63, 3.8) is 0 Å². The number of nitrogens with one attached hydrogen (secondary N) is 1. The minimum Gasteiger partial charge on any atom is -0.496 e.